The Balaban J connectivity index is 2.30. The Bertz CT molecular complexity index is 784. The van der Waals surface area contributed by atoms with Crippen LogP contribution < -0.4 is 9.47 Å². The number of nitrogens with zero attached hydrogens (tertiary/aromatic N) is 1. The number of hydrogen-bond acceptors (Lipinski definition) is 6. The van der Waals surface area contributed by atoms with Crippen LogP contribution in [0, 0.1) is 10.1 Å². The lowest BCUT2D eigenvalue weighted by atomic mass is 10.2. The lowest BCUT2D eigenvalue weighted by Gasteiger charge is -2.11. The van der Waals surface area contributed by atoms with Gasteiger partial charge < -0.3 is 14.2 Å². The Hall–Kier alpha value is -3.35. The maximum atomic E-state index is 11.1. The number of para-hydroxylation sites is 2. The fraction of sp³-hybridized carbons (Fsp3) is 0.118. The van der Waals surface area contributed by atoms with Gasteiger partial charge in [-0.15, -0.1) is 0 Å². The first kappa shape index (κ1) is 17.0. The summed E-state index contributed by atoms with van der Waals surface area (Å²) in [6.07, 6.45) is 2.83. The van der Waals surface area contributed by atoms with Gasteiger partial charge in [0.2, 0.25) is 5.75 Å². The van der Waals surface area contributed by atoms with Crippen LogP contribution in [-0.4, -0.2) is 25.1 Å². The van der Waals surface area contributed by atoms with Crippen molar-refractivity contribution in [1.29, 1.82) is 0 Å². The van der Waals surface area contributed by atoms with Gasteiger partial charge in [0.05, 0.1) is 19.1 Å². The van der Waals surface area contributed by atoms with E-state index in [9.17, 15) is 14.9 Å². The highest BCUT2D eigenvalue weighted by Crippen LogP contribution is 2.36. The van der Waals surface area contributed by atoms with Gasteiger partial charge in [0.15, 0.2) is 11.5 Å². The quantitative estimate of drug-likeness (QED) is 0.348. The van der Waals surface area contributed by atoms with Crippen molar-refractivity contribution in [2.75, 3.05) is 14.2 Å². The third-order valence-electron chi connectivity index (χ3n) is 3.08. The van der Waals surface area contributed by atoms with Crippen LogP contribution in [0.1, 0.15) is 5.56 Å². The smallest absolute Gasteiger partial charge is 0.330 e. The Morgan fingerprint density at radius 3 is 2.50 bits per heavy atom. The minimum atomic E-state index is -0.519. The van der Waals surface area contributed by atoms with E-state index in [1.807, 2.05) is 0 Å². The van der Waals surface area contributed by atoms with Gasteiger partial charge >= 0.3 is 11.7 Å². The van der Waals surface area contributed by atoms with Gasteiger partial charge in [0.25, 0.3) is 0 Å². The van der Waals surface area contributed by atoms with E-state index >= 15 is 0 Å². The van der Waals surface area contributed by atoms with Crippen molar-refractivity contribution in [3.05, 3.63) is 64.2 Å². The summed E-state index contributed by atoms with van der Waals surface area (Å²) in [5, 5.41) is 11.0. The molecule has 124 valence electrons. The SMILES string of the molecule is COC(=O)/C=C/c1ccc(Oc2ccccc2[N+](=O)[O-])c(OC)c1. The van der Waals surface area contributed by atoms with Gasteiger partial charge in [-0.2, -0.15) is 0 Å². The zero-order valence-electron chi connectivity index (χ0n) is 13.1. The largest absolute Gasteiger partial charge is 0.493 e. The molecule has 0 radical (unpaired) electrons. The summed E-state index contributed by atoms with van der Waals surface area (Å²) in [4.78, 5) is 21.6. The predicted octanol–water partition coefficient (Wildman–Crippen LogP) is 3.58. The van der Waals surface area contributed by atoms with Crippen LogP contribution in [0.3, 0.4) is 0 Å². The molecule has 0 amide bonds. The summed E-state index contributed by atoms with van der Waals surface area (Å²) in [6, 6.07) is 11.0. The monoisotopic (exact) mass is 329 g/mol. The maximum Gasteiger partial charge on any atom is 0.330 e. The van der Waals surface area contributed by atoms with Crippen molar-refractivity contribution in [2.45, 2.75) is 0 Å². The summed E-state index contributed by atoms with van der Waals surface area (Å²) >= 11 is 0. The number of nitro benzene ring substituents is 1. The molecule has 2 aromatic carbocycles. The molecule has 7 nitrogen and oxygen atoms in total. The number of benzene rings is 2. The zero-order chi connectivity index (χ0) is 17.5. The van der Waals surface area contributed by atoms with E-state index in [4.69, 9.17) is 9.47 Å². The zero-order valence-corrected chi connectivity index (χ0v) is 13.1. The molecule has 0 fully saturated rings. The molecule has 2 aromatic rings. The molecule has 0 heterocycles. The van der Waals surface area contributed by atoms with Gasteiger partial charge in [-0.1, -0.05) is 18.2 Å². The number of esters is 1. The van der Waals surface area contributed by atoms with Crippen molar-refractivity contribution in [3.63, 3.8) is 0 Å². The Labute approximate surface area is 138 Å². The summed E-state index contributed by atoms with van der Waals surface area (Å²) in [5.41, 5.74) is 0.543. The maximum absolute atomic E-state index is 11.1. The molecule has 0 atom stereocenters. The van der Waals surface area contributed by atoms with E-state index < -0.39 is 10.9 Å². The van der Waals surface area contributed by atoms with E-state index in [1.165, 1.54) is 32.4 Å². The molecule has 24 heavy (non-hydrogen) atoms. The van der Waals surface area contributed by atoms with Crippen molar-refractivity contribution in [1.82, 2.24) is 0 Å². The number of ether oxygens (including phenoxy) is 3. The normalized spacial score (nSPS) is 10.4. The molecule has 0 aliphatic rings. The van der Waals surface area contributed by atoms with Crippen LogP contribution in [0.15, 0.2) is 48.5 Å². The van der Waals surface area contributed by atoms with E-state index in [0.717, 1.165) is 0 Å². The molecular formula is C17H15NO6. The number of carbonyl (C=O) groups excluding carboxylic acids is 1. The number of hydrogen-bond donors (Lipinski definition) is 0. The molecule has 0 spiro atoms. The average Bonchev–Trinajstić information content (AvgIpc) is 2.60. The van der Waals surface area contributed by atoms with E-state index in [-0.39, 0.29) is 11.4 Å². The molecular weight excluding hydrogens is 314 g/mol. The summed E-state index contributed by atoms with van der Waals surface area (Å²) in [5.74, 6) is 0.329. The van der Waals surface area contributed by atoms with Gasteiger partial charge in [0, 0.05) is 12.1 Å². The van der Waals surface area contributed by atoms with Crippen molar-refractivity contribution in [3.8, 4) is 17.2 Å². The molecule has 0 saturated carbocycles. The first-order valence-corrected chi connectivity index (χ1v) is 6.90. The van der Waals surface area contributed by atoms with Gasteiger partial charge in [-0.3, -0.25) is 10.1 Å². The first-order valence-electron chi connectivity index (χ1n) is 6.90. The Morgan fingerprint density at radius 1 is 1.08 bits per heavy atom. The van der Waals surface area contributed by atoms with Crippen molar-refractivity contribution < 1.29 is 23.9 Å². The summed E-state index contributed by atoms with van der Waals surface area (Å²) in [7, 11) is 2.74. The highest BCUT2D eigenvalue weighted by molar-refractivity contribution is 5.87. The minimum Gasteiger partial charge on any atom is -0.493 e. The second kappa shape index (κ2) is 7.77. The standard InChI is InChI=1S/C17H15NO6/c1-22-16-11-12(8-10-17(19)23-2)7-9-15(16)24-14-6-4-3-5-13(14)18(20)21/h3-11H,1-2H3/b10-8+. The van der Waals surface area contributed by atoms with Crippen LogP contribution in [0.5, 0.6) is 17.2 Å². The lowest BCUT2D eigenvalue weighted by molar-refractivity contribution is -0.385. The van der Waals surface area contributed by atoms with E-state index in [1.54, 1.807) is 36.4 Å². The predicted molar refractivity (Wildman–Crippen MR) is 87.2 cm³/mol. The minimum absolute atomic E-state index is 0.110. The van der Waals surface area contributed by atoms with Gasteiger partial charge in [0.1, 0.15) is 0 Å². The van der Waals surface area contributed by atoms with Crippen LogP contribution >= 0.6 is 0 Å². The van der Waals surface area contributed by atoms with Crippen LogP contribution in [0.25, 0.3) is 6.08 Å². The highest BCUT2D eigenvalue weighted by Gasteiger charge is 2.16. The third kappa shape index (κ3) is 4.10. The van der Waals surface area contributed by atoms with E-state index in [0.29, 0.717) is 17.1 Å². The number of nitro groups is 1. The average molecular weight is 329 g/mol. The molecule has 0 aliphatic heterocycles. The fourth-order valence-corrected chi connectivity index (χ4v) is 1.92. The highest BCUT2D eigenvalue weighted by atomic mass is 16.6. The Kier molecular flexibility index (Phi) is 5.51. The van der Waals surface area contributed by atoms with Gasteiger partial charge in [-0.25, -0.2) is 4.79 Å². The molecule has 7 heteroatoms. The van der Waals surface area contributed by atoms with Crippen molar-refractivity contribution >= 4 is 17.7 Å². The Morgan fingerprint density at radius 2 is 1.83 bits per heavy atom. The number of methoxy groups -OCH3 is 2. The molecule has 0 aromatic heterocycles. The molecule has 0 bridgehead atoms. The van der Waals surface area contributed by atoms with Crippen LogP contribution in [0.4, 0.5) is 5.69 Å². The topological polar surface area (TPSA) is 87.9 Å². The van der Waals surface area contributed by atoms with Crippen LogP contribution in [0.2, 0.25) is 0 Å². The molecule has 0 N–H and O–H groups in total. The molecule has 0 saturated heterocycles. The third-order valence-corrected chi connectivity index (χ3v) is 3.08. The molecule has 2 rings (SSSR count). The van der Waals surface area contributed by atoms with Gasteiger partial charge in [-0.05, 0) is 29.8 Å². The number of rotatable bonds is 6. The lowest BCUT2D eigenvalue weighted by Crippen LogP contribution is -1.96. The van der Waals surface area contributed by atoms with E-state index in [2.05, 4.69) is 4.74 Å². The molecule has 0 aliphatic carbocycles. The first-order chi connectivity index (χ1) is 11.5. The second-order valence-corrected chi connectivity index (χ2v) is 4.59. The van der Waals surface area contributed by atoms with Crippen molar-refractivity contribution in [2.24, 2.45) is 0 Å². The van der Waals surface area contributed by atoms with Crippen LogP contribution in [-0.2, 0) is 9.53 Å². The summed E-state index contributed by atoms with van der Waals surface area (Å²) in [6.45, 7) is 0. The summed E-state index contributed by atoms with van der Waals surface area (Å²) < 4.78 is 15.4. The molecule has 0 unspecified atom stereocenters. The fourth-order valence-electron chi connectivity index (χ4n) is 1.92. The second-order valence-electron chi connectivity index (χ2n) is 4.59. The number of carbonyl (C=O) groups is 1.